The van der Waals surface area contributed by atoms with Gasteiger partial charge < -0.3 is 23.7 Å². The molecule has 1 saturated heterocycles. The zero-order valence-electron chi connectivity index (χ0n) is 22.1. The number of Topliss-reactive ketones (excluding diaryl/α,β-unsaturated/α-hetero) is 1. The molecule has 0 N–H and O–H groups in total. The summed E-state index contributed by atoms with van der Waals surface area (Å²) in [4.78, 5) is 48.8. The summed E-state index contributed by atoms with van der Waals surface area (Å²) < 4.78 is 28.4. The van der Waals surface area contributed by atoms with Crippen LogP contribution in [0, 0.1) is 11.8 Å². The molecule has 13 heteroatoms. The highest BCUT2D eigenvalue weighted by molar-refractivity contribution is 7.99. The Morgan fingerprint density at radius 2 is 1.51 bits per heavy atom. The first-order valence-corrected chi connectivity index (χ1v) is 14.1. The molecule has 1 aliphatic rings. The minimum atomic E-state index is -1.17. The van der Waals surface area contributed by atoms with E-state index < -0.39 is 53.5 Å². The minimum Gasteiger partial charge on any atom is -0.463 e. The summed E-state index contributed by atoms with van der Waals surface area (Å²) in [6.45, 7) is 3.01. The molecule has 0 spiro atoms. The fraction of sp³-hybridized carbons (Fsp3) is 0.357. The molecule has 3 rings (SSSR count). The average molecular weight is 644 g/mol. The molecule has 2 unspecified atom stereocenters. The summed E-state index contributed by atoms with van der Waals surface area (Å²) in [5, 5.41) is 1.11. The lowest BCUT2D eigenvalue weighted by Crippen LogP contribution is -2.61. The summed E-state index contributed by atoms with van der Waals surface area (Å²) in [5.74, 6) is 2.72. The highest BCUT2D eigenvalue weighted by Crippen LogP contribution is 2.39. The van der Waals surface area contributed by atoms with Crippen LogP contribution in [0.2, 0.25) is 15.1 Å². The van der Waals surface area contributed by atoms with E-state index in [2.05, 4.69) is 11.8 Å². The van der Waals surface area contributed by atoms with Gasteiger partial charge >= 0.3 is 17.9 Å². The van der Waals surface area contributed by atoms with Crippen LogP contribution in [0.5, 0.6) is 0 Å². The molecule has 2 aromatic carbocycles. The van der Waals surface area contributed by atoms with Gasteiger partial charge in [0.1, 0.15) is 30.9 Å². The van der Waals surface area contributed by atoms with Crippen LogP contribution in [0.25, 0.3) is 0 Å². The Labute approximate surface area is 256 Å². The minimum absolute atomic E-state index is 0.291. The molecule has 1 heterocycles. The fourth-order valence-corrected chi connectivity index (χ4v) is 5.39. The van der Waals surface area contributed by atoms with E-state index in [4.69, 9.17) is 58.5 Å². The van der Waals surface area contributed by atoms with Crippen molar-refractivity contribution in [2.75, 3.05) is 13.2 Å². The molecule has 0 amide bonds. The molecule has 1 aliphatic heterocycles. The van der Waals surface area contributed by atoms with Crippen molar-refractivity contribution < 1.29 is 42.9 Å². The van der Waals surface area contributed by atoms with Crippen molar-refractivity contribution in [3.63, 3.8) is 0 Å². The van der Waals surface area contributed by atoms with Crippen LogP contribution in [0.4, 0.5) is 0 Å². The number of ketones is 1. The number of rotatable bonds is 9. The molecule has 0 saturated carbocycles. The Morgan fingerprint density at radius 1 is 0.854 bits per heavy atom. The number of esters is 3. The third-order valence-corrected chi connectivity index (χ3v) is 7.57. The molecule has 9 nitrogen and oxygen atoms in total. The fourth-order valence-electron chi connectivity index (χ4n) is 3.76. The Bertz CT molecular complexity index is 1340. The third kappa shape index (κ3) is 9.92. The second-order valence-electron chi connectivity index (χ2n) is 8.60. The molecular formula is C28H25Cl3O9S. The van der Waals surface area contributed by atoms with Crippen molar-refractivity contribution >= 4 is 70.3 Å². The van der Waals surface area contributed by atoms with E-state index in [0.717, 1.165) is 11.8 Å². The van der Waals surface area contributed by atoms with E-state index in [1.165, 1.54) is 32.9 Å². The van der Waals surface area contributed by atoms with E-state index in [9.17, 15) is 19.2 Å². The van der Waals surface area contributed by atoms with Gasteiger partial charge in [-0.05, 0) is 48.4 Å². The Hall–Kier alpha value is -2.78. The van der Waals surface area contributed by atoms with Crippen molar-refractivity contribution in [3.05, 3.63) is 63.1 Å². The van der Waals surface area contributed by atoms with Gasteiger partial charge in [-0.25, -0.2) is 0 Å². The largest absolute Gasteiger partial charge is 0.463 e. The summed E-state index contributed by atoms with van der Waals surface area (Å²) in [6, 6.07) is 11.1. The van der Waals surface area contributed by atoms with Crippen LogP contribution in [0.3, 0.4) is 0 Å². The SMILES string of the molecule is CC(=O)OCC1O[C@H](Sc2ccc(Cl)c(Cl)c2)C(OC(C)=O)[C@@H](OCC#CC(=O)c2ccc(Cl)cc2)[C@H]1OC(C)=O. The summed E-state index contributed by atoms with van der Waals surface area (Å²) in [5.41, 5.74) is -0.597. The van der Waals surface area contributed by atoms with Crippen molar-refractivity contribution in [2.24, 2.45) is 0 Å². The Balaban J connectivity index is 1.92. The van der Waals surface area contributed by atoms with Crippen LogP contribution < -0.4 is 0 Å². The van der Waals surface area contributed by atoms with Gasteiger partial charge in [0.05, 0.1) is 10.0 Å². The predicted octanol–water partition coefficient (Wildman–Crippen LogP) is 5.16. The van der Waals surface area contributed by atoms with Crippen LogP contribution in [0.1, 0.15) is 31.1 Å². The van der Waals surface area contributed by atoms with Crippen LogP contribution in [0.15, 0.2) is 47.4 Å². The number of ether oxygens (including phenoxy) is 5. The van der Waals surface area contributed by atoms with Crippen LogP contribution in [-0.2, 0) is 38.1 Å². The van der Waals surface area contributed by atoms with E-state index >= 15 is 0 Å². The van der Waals surface area contributed by atoms with Gasteiger partial charge in [-0.2, -0.15) is 0 Å². The van der Waals surface area contributed by atoms with Gasteiger partial charge in [-0.3, -0.25) is 19.2 Å². The van der Waals surface area contributed by atoms with E-state index in [-0.39, 0.29) is 13.2 Å². The van der Waals surface area contributed by atoms with E-state index in [0.29, 0.717) is 25.5 Å². The molecule has 0 radical (unpaired) electrons. The molecular weight excluding hydrogens is 619 g/mol. The van der Waals surface area contributed by atoms with Gasteiger partial charge in [0.2, 0.25) is 5.78 Å². The number of hydrogen-bond acceptors (Lipinski definition) is 10. The van der Waals surface area contributed by atoms with Crippen molar-refractivity contribution in [1.82, 2.24) is 0 Å². The smallest absolute Gasteiger partial charge is 0.303 e. The summed E-state index contributed by atoms with van der Waals surface area (Å²) in [6.07, 6.45) is -4.44. The summed E-state index contributed by atoms with van der Waals surface area (Å²) >= 11 is 19.2. The number of benzene rings is 2. The molecule has 0 bridgehead atoms. The quantitative estimate of drug-likeness (QED) is 0.119. The predicted molar refractivity (Wildman–Crippen MR) is 152 cm³/mol. The molecule has 0 aromatic heterocycles. The first-order chi connectivity index (χ1) is 19.4. The lowest BCUT2D eigenvalue weighted by molar-refractivity contribution is -0.237. The number of hydrogen-bond donors (Lipinski definition) is 0. The molecule has 1 fully saturated rings. The van der Waals surface area contributed by atoms with Gasteiger partial charge in [0.25, 0.3) is 0 Å². The van der Waals surface area contributed by atoms with Crippen molar-refractivity contribution in [3.8, 4) is 11.8 Å². The van der Waals surface area contributed by atoms with Crippen LogP contribution in [-0.4, -0.2) is 66.8 Å². The highest BCUT2D eigenvalue weighted by atomic mass is 35.5. The number of thioether (sulfide) groups is 1. The zero-order chi connectivity index (χ0) is 30.1. The van der Waals surface area contributed by atoms with Gasteiger partial charge in [0.15, 0.2) is 12.2 Å². The number of halogens is 3. The number of carbonyl (C=O) groups excluding carboxylic acids is 4. The average Bonchev–Trinajstić information content (AvgIpc) is 2.90. The standard InChI is InChI=1S/C28H25Cl3O9S/c1-15(32)37-14-24-25(38-16(2)33)26(36-12-4-5-23(35)18-6-8-19(29)9-7-18)27(39-17(3)34)28(40-24)41-20-10-11-21(30)22(31)13-20/h6-11,13,24-28H,12,14H2,1-3H3/t24?,25-,26-,27?,28+/m0/s1. The normalized spacial score (nSPS) is 21.7. The first kappa shape index (κ1) is 32.7. The van der Waals surface area contributed by atoms with Crippen molar-refractivity contribution in [1.29, 1.82) is 0 Å². The maximum atomic E-state index is 12.4. The maximum Gasteiger partial charge on any atom is 0.303 e. The third-order valence-electron chi connectivity index (χ3n) is 5.45. The van der Waals surface area contributed by atoms with Gasteiger partial charge in [-0.15, -0.1) is 0 Å². The molecule has 2 aromatic rings. The van der Waals surface area contributed by atoms with Crippen molar-refractivity contribution in [2.45, 2.75) is 55.5 Å². The molecule has 41 heavy (non-hydrogen) atoms. The monoisotopic (exact) mass is 642 g/mol. The topological polar surface area (TPSA) is 114 Å². The Kier molecular flexibility index (Phi) is 12.3. The molecule has 5 atom stereocenters. The maximum absolute atomic E-state index is 12.4. The second kappa shape index (κ2) is 15.4. The number of carbonyl (C=O) groups is 4. The van der Waals surface area contributed by atoms with Gasteiger partial charge in [-0.1, -0.05) is 52.5 Å². The highest BCUT2D eigenvalue weighted by Gasteiger charge is 2.51. The van der Waals surface area contributed by atoms with E-state index in [1.807, 2.05) is 0 Å². The lowest BCUT2D eigenvalue weighted by atomic mass is 9.99. The first-order valence-electron chi connectivity index (χ1n) is 12.1. The lowest BCUT2D eigenvalue weighted by Gasteiger charge is -2.44. The summed E-state index contributed by atoms with van der Waals surface area (Å²) in [7, 11) is 0. The van der Waals surface area contributed by atoms with E-state index in [1.54, 1.807) is 30.3 Å². The second-order valence-corrected chi connectivity index (χ2v) is 11.0. The van der Waals surface area contributed by atoms with Crippen LogP contribution >= 0.6 is 46.6 Å². The Morgan fingerprint density at radius 3 is 2.12 bits per heavy atom. The molecule has 0 aliphatic carbocycles. The zero-order valence-corrected chi connectivity index (χ0v) is 25.1. The van der Waals surface area contributed by atoms with Gasteiger partial charge in [0, 0.05) is 36.3 Å². The molecule has 218 valence electrons.